The Bertz CT molecular complexity index is 496. The van der Waals surface area contributed by atoms with Gasteiger partial charge in [0.05, 0.1) is 4.90 Å². The normalized spacial score (nSPS) is 11.2. The van der Waals surface area contributed by atoms with Crippen molar-refractivity contribution >= 4 is 21.6 Å². The van der Waals surface area contributed by atoms with Crippen LogP contribution in [0, 0.1) is 0 Å². The lowest BCUT2D eigenvalue weighted by Crippen LogP contribution is -2.23. The Hall–Kier alpha value is -1.44. The van der Waals surface area contributed by atoms with Crippen molar-refractivity contribution in [2.75, 3.05) is 25.6 Å². The van der Waals surface area contributed by atoms with Gasteiger partial charge in [-0.05, 0) is 24.3 Å². The zero-order chi connectivity index (χ0) is 13.6. The number of amides is 1. The minimum absolute atomic E-state index is 0.0442. The van der Waals surface area contributed by atoms with Crippen LogP contribution in [0.3, 0.4) is 0 Å². The number of carbonyl (C=O) groups is 1. The highest BCUT2D eigenvalue weighted by Gasteiger charge is 2.12. The first kappa shape index (κ1) is 14.6. The zero-order valence-electron chi connectivity index (χ0n) is 10.3. The number of sulfonamides is 1. The Labute approximate surface area is 106 Å². The topological polar surface area (TPSA) is 84.5 Å². The monoisotopic (exact) mass is 272 g/mol. The molecule has 1 rings (SSSR count). The number of rotatable bonds is 6. The molecule has 0 unspecified atom stereocenters. The van der Waals surface area contributed by atoms with E-state index < -0.39 is 10.0 Å². The summed E-state index contributed by atoms with van der Waals surface area (Å²) in [4.78, 5) is 11.4. The number of carbonyl (C=O) groups excluding carboxylic acids is 1. The summed E-state index contributed by atoms with van der Waals surface area (Å²) in [6.45, 7) is 1.99. The second kappa shape index (κ2) is 6.48. The van der Waals surface area contributed by atoms with Gasteiger partial charge in [0.1, 0.15) is 6.61 Å². The molecule has 1 amide bonds. The molecule has 0 aromatic heterocycles. The van der Waals surface area contributed by atoms with Gasteiger partial charge >= 0.3 is 0 Å². The smallest absolute Gasteiger partial charge is 0.250 e. The van der Waals surface area contributed by atoms with Gasteiger partial charge in [-0.1, -0.05) is 6.92 Å². The average Bonchev–Trinajstić information content (AvgIpc) is 2.30. The maximum atomic E-state index is 11.6. The summed E-state index contributed by atoms with van der Waals surface area (Å²) >= 11 is 0. The molecule has 100 valence electrons. The molecule has 2 N–H and O–H groups in total. The fraction of sp³-hybridized carbons (Fsp3) is 0.364. The standard InChI is InChI=1S/C11H16N2O4S/c1-3-12-18(15,16)10-6-4-9(5-7-10)13-11(14)8-17-2/h4-7,12H,3,8H2,1-2H3,(H,13,14). The van der Waals surface area contributed by atoms with Crippen LogP contribution in [-0.2, 0) is 19.6 Å². The van der Waals surface area contributed by atoms with E-state index in [0.717, 1.165) is 0 Å². The van der Waals surface area contributed by atoms with Gasteiger partial charge in [-0.3, -0.25) is 4.79 Å². The molecule has 7 heteroatoms. The second-order valence-electron chi connectivity index (χ2n) is 3.51. The minimum atomic E-state index is -3.45. The molecule has 18 heavy (non-hydrogen) atoms. The van der Waals surface area contributed by atoms with Crippen molar-refractivity contribution in [1.29, 1.82) is 0 Å². The van der Waals surface area contributed by atoms with Crippen molar-refractivity contribution in [3.8, 4) is 0 Å². The van der Waals surface area contributed by atoms with Crippen LogP contribution in [0.25, 0.3) is 0 Å². The van der Waals surface area contributed by atoms with E-state index in [0.29, 0.717) is 12.2 Å². The third-order valence-electron chi connectivity index (χ3n) is 2.06. The SMILES string of the molecule is CCNS(=O)(=O)c1ccc(NC(=O)COC)cc1. The molecule has 1 aromatic rings. The zero-order valence-corrected chi connectivity index (χ0v) is 11.1. The summed E-state index contributed by atoms with van der Waals surface area (Å²) < 4.78 is 30.4. The minimum Gasteiger partial charge on any atom is -0.375 e. The maximum Gasteiger partial charge on any atom is 0.250 e. The van der Waals surface area contributed by atoms with Crippen LogP contribution in [0.15, 0.2) is 29.2 Å². The largest absolute Gasteiger partial charge is 0.375 e. The highest BCUT2D eigenvalue weighted by atomic mass is 32.2. The van der Waals surface area contributed by atoms with Crippen LogP contribution in [-0.4, -0.2) is 34.6 Å². The van der Waals surface area contributed by atoms with Crippen molar-refractivity contribution in [3.05, 3.63) is 24.3 Å². The summed E-state index contributed by atoms with van der Waals surface area (Å²) in [7, 11) is -2.03. The molecule has 0 aliphatic rings. The average molecular weight is 272 g/mol. The molecular weight excluding hydrogens is 256 g/mol. The maximum absolute atomic E-state index is 11.6. The summed E-state index contributed by atoms with van der Waals surface area (Å²) in [6.07, 6.45) is 0. The van der Waals surface area contributed by atoms with E-state index in [1.54, 1.807) is 6.92 Å². The third kappa shape index (κ3) is 4.10. The van der Waals surface area contributed by atoms with Gasteiger partial charge in [-0.15, -0.1) is 0 Å². The van der Waals surface area contributed by atoms with Gasteiger partial charge < -0.3 is 10.1 Å². The van der Waals surface area contributed by atoms with E-state index in [1.807, 2.05) is 0 Å². The predicted octanol–water partition coefficient (Wildman–Crippen LogP) is 0.570. The number of anilines is 1. The lowest BCUT2D eigenvalue weighted by Gasteiger charge is -2.07. The van der Waals surface area contributed by atoms with Crippen molar-refractivity contribution in [1.82, 2.24) is 4.72 Å². The molecule has 0 saturated heterocycles. The highest BCUT2D eigenvalue weighted by molar-refractivity contribution is 7.89. The number of nitrogens with one attached hydrogen (secondary N) is 2. The molecule has 0 aliphatic heterocycles. The molecule has 6 nitrogen and oxygen atoms in total. The number of ether oxygens (including phenoxy) is 1. The molecule has 0 heterocycles. The van der Waals surface area contributed by atoms with Crippen LogP contribution in [0.4, 0.5) is 5.69 Å². The molecule has 1 aromatic carbocycles. The van der Waals surface area contributed by atoms with E-state index in [2.05, 4.69) is 14.8 Å². The Kier molecular flexibility index (Phi) is 5.26. The van der Waals surface area contributed by atoms with Crippen molar-refractivity contribution in [2.24, 2.45) is 0 Å². The van der Waals surface area contributed by atoms with Crippen LogP contribution in [0.1, 0.15) is 6.92 Å². The van der Waals surface area contributed by atoms with Gasteiger partial charge in [0.2, 0.25) is 15.9 Å². The van der Waals surface area contributed by atoms with Gasteiger partial charge in [0.25, 0.3) is 0 Å². The fourth-order valence-corrected chi connectivity index (χ4v) is 2.36. The highest BCUT2D eigenvalue weighted by Crippen LogP contribution is 2.13. The first-order chi connectivity index (χ1) is 8.49. The molecular formula is C11H16N2O4S. The molecule has 0 aliphatic carbocycles. The van der Waals surface area contributed by atoms with Gasteiger partial charge in [0, 0.05) is 19.3 Å². The van der Waals surface area contributed by atoms with E-state index in [9.17, 15) is 13.2 Å². The van der Waals surface area contributed by atoms with E-state index in [4.69, 9.17) is 0 Å². The summed E-state index contributed by atoms with van der Waals surface area (Å²) in [5.74, 6) is -0.292. The fourth-order valence-electron chi connectivity index (χ4n) is 1.32. The lowest BCUT2D eigenvalue weighted by atomic mass is 10.3. The molecule has 0 radical (unpaired) electrons. The van der Waals surface area contributed by atoms with Crippen LogP contribution in [0.2, 0.25) is 0 Å². The molecule has 0 spiro atoms. The van der Waals surface area contributed by atoms with Gasteiger partial charge in [-0.25, -0.2) is 13.1 Å². The second-order valence-corrected chi connectivity index (χ2v) is 5.27. The molecule has 0 bridgehead atoms. The van der Waals surface area contributed by atoms with Crippen LogP contribution < -0.4 is 10.0 Å². The van der Waals surface area contributed by atoms with Crippen molar-refractivity contribution in [2.45, 2.75) is 11.8 Å². The first-order valence-electron chi connectivity index (χ1n) is 5.38. The van der Waals surface area contributed by atoms with E-state index in [-0.39, 0.29) is 17.4 Å². The van der Waals surface area contributed by atoms with Gasteiger partial charge in [-0.2, -0.15) is 0 Å². The first-order valence-corrected chi connectivity index (χ1v) is 6.86. The molecule has 0 atom stereocenters. The summed E-state index contributed by atoms with van der Waals surface area (Å²) in [5.41, 5.74) is 0.521. The van der Waals surface area contributed by atoms with E-state index >= 15 is 0 Å². The number of hydrogen-bond acceptors (Lipinski definition) is 4. The third-order valence-corrected chi connectivity index (χ3v) is 3.62. The van der Waals surface area contributed by atoms with Crippen molar-refractivity contribution in [3.63, 3.8) is 0 Å². The molecule has 0 fully saturated rings. The number of hydrogen-bond donors (Lipinski definition) is 2. The van der Waals surface area contributed by atoms with Crippen LogP contribution >= 0.6 is 0 Å². The predicted molar refractivity (Wildman–Crippen MR) is 67.8 cm³/mol. The van der Waals surface area contributed by atoms with Gasteiger partial charge in [0.15, 0.2) is 0 Å². The van der Waals surface area contributed by atoms with Crippen molar-refractivity contribution < 1.29 is 17.9 Å². The quantitative estimate of drug-likeness (QED) is 0.793. The van der Waals surface area contributed by atoms with Crippen LogP contribution in [0.5, 0.6) is 0 Å². The number of benzene rings is 1. The van der Waals surface area contributed by atoms with E-state index in [1.165, 1.54) is 31.4 Å². The molecule has 0 saturated carbocycles. The Morgan fingerprint density at radius 2 is 1.89 bits per heavy atom. The summed E-state index contributed by atoms with van der Waals surface area (Å²) in [6, 6.07) is 5.91. The summed E-state index contributed by atoms with van der Waals surface area (Å²) in [5, 5.41) is 2.57. The Morgan fingerprint density at radius 1 is 1.28 bits per heavy atom. The lowest BCUT2D eigenvalue weighted by molar-refractivity contribution is -0.119. The Balaban J connectivity index is 2.77. The number of methoxy groups -OCH3 is 1. The Morgan fingerprint density at radius 3 is 2.39 bits per heavy atom.